The van der Waals surface area contributed by atoms with Gasteiger partial charge in [0.1, 0.15) is 0 Å². The lowest BCUT2D eigenvalue weighted by molar-refractivity contribution is -0.137. The van der Waals surface area contributed by atoms with Crippen molar-refractivity contribution in [1.29, 1.82) is 0 Å². The van der Waals surface area contributed by atoms with Crippen molar-refractivity contribution in [2.45, 2.75) is 33.2 Å². The van der Waals surface area contributed by atoms with E-state index in [1.165, 1.54) is 5.56 Å². The molecule has 0 bridgehead atoms. The third-order valence-corrected chi connectivity index (χ3v) is 4.46. The smallest absolute Gasteiger partial charge is 0.226 e. The average molecular weight is 309 g/mol. The first kappa shape index (κ1) is 16.3. The van der Waals surface area contributed by atoms with E-state index >= 15 is 0 Å². The predicted molar refractivity (Wildman–Crippen MR) is 87.4 cm³/mol. The lowest BCUT2D eigenvalue weighted by Gasteiger charge is -2.34. The molecule has 1 heterocycles. The summed E-state index contributed by atoms with van der Waals surface area (Å²) in [6.07, 6.45) is 2.11. The van der Waals surface area contributed by atoms with Gasteiger partial charge in [0.15, 0.2) is 0 Å². The molecule has 1 saturated heterocycles. The Labute approximate surface area is 132 Å². The highest BCUT2D eigenvalue weighted by Gasteiger charge is 2.28. The van der Waals surface area contributed by atoms with Crippen LogP contribution in [-0.4, -0.2) is 41.9 Å². The monoisotopic (exact) mass is 308 g/mol. The Kier molecular flexibility index (Phi) is 6.07. The van der Waals surface area contributed by atoms with Crippen LogP contribution in [0.5, 0.6) is 0 Å². The molecule has 0 spiro atoms. The zero-order chi connectivity index (χ0) is 15.2. The van der Waals surface area contributed by atoms with Gasteiger partial charge < -0.3 is 4.90 Å². The molecule has 0 aromatic heterocycles. The molecular weight excluding hydrogens is 284 g/mol. The van der Waals surface area contributed by atoms with Crippen molar-refractivity contribution in [1.82, 2.24) is 9.80 Å². The van der Waals surface area contributed by atoms with Crippen LogP contribution in [0.15, 0.2) is 24.3 Å². The number of carbonyl (C=O) groups excluding carboxylic acids is 1. The van der Waals surface area contributed by atoms with Crippen LogP contribution in [0.4, 0.5) is 0 Å². The van der Waals surface area contributed by atoms with Crippen molar-refractivity contribution in [3.05, 3.63) is 34.9 Å². The van der Waals surface area contributed by atoms with Crippen LogP contribution in [0, 0.1) is 5.92 Å². The standard InChI is InChI=1S/C17H25ClN2O/c1-3-20(4-2)17(21)15-8-6-10-19(13-15)12-14-7-5-9-16(18)11-14/h5,7,9,11,15H,3-4,6,8,10,12-13H2,1-2H3/t15-/m0/s1. The first-order chi connectivity index (χ1) is 10.1. The quantitative estimate of drug-likeness (QED) is 0.832. The number of carbonyl (C=O) groups is 1. The molecule has 1 aliphatic heterocycles. The van der Waals surface area contributed by atoms with Gasteiger partial charge in [0, 0.05) is 31.2 Å². The van der Waals surface area contributed by atoms with Gasteiger partial charge in [0.2, 0.25) is 5.91 Å². The van der Waals surface area contributed by atoms with Gasteiger partial charge >= 0.3 is 0 Å². The fraction of sp³-hybridized carbons (Fsp3) is 0.588. The summed E-state index contributed by atoms with van der Waals surface area (Å²) in [5.41, 5.74) is 1.22. The van der Waals surface area contributed by atoms with Gasteiger partial charge in [-0.1, -0.05) is 23.7 Å². The maximum atomic E-state index is 12.5. The second-order valence-electron chi connectivity index (χ2n) is 5.71. The Morgan fingerprint density at radius 3 is 2.81 bits per heavy atom. The zero-order valence-corrected chi connectivity index (χ0v) is 13.8. The van der Waals surface area contributed by atoms with E-state index in [4.69, 9.17) is 11.6 Å². The van der Waals surface area contributed by atoms with E-state index in [2.05, 4.69) is 11.0 Å². The topological polar surface area (TPSA) is 23.6 Å². The van der Waals surface area contributed by atoms with Crippen molar-refractivity contribution in [3.63, 3.8) is 0 Å². The summed E-state index contributed by atoms with van der Waals surface area (Å²) in [7, 11) is 0. The number of halogens is 1. The van der Waals surface area contributed by atoms with E-state index in [0.717, 1.165) is 50.6 Å². The van der Waals surface area contributed by atoms with Gasteiger partial charge in [-0.25, -0.2) is 0 Å². The normalized spacial score (nSPS) is 19.5. The van der Waals surface area contributed by atoms with Crippen LogP contribution in [0.25, 0.3) is 0 Å². The minimum Gasteiger partial charge on any atom is -0.343 e. The molecule has 1 atom stereocenters. The van der Waals surface area contributed by atoms with E-state index < -0.39 is 0 Å². The molecule has 1 aromatic carbocycles. The highest BCUT2D eigenvalue weighted by atomic mass is 35.5. The number of rotatable bonds is 5. The van der Waals surface area contributed by atoms with E-state index in [1.807, 2.05) is 36.9 Å². The van der Waals surface area contributed by atoms with Crippen LogP contribution in [0.3, 0.4) is 0 Å². The Balaban J connectivity index is 1.96. The Morgan fingerprint density at radius 1 is 1.38 bits per heavy atom. The number of piperidine rings is 1. The molecule has 116 valence electrons. The summed E-state index contributed by atoms with van der Waals surface area (Å²) in [6.45, 7) is 8.52. The van der Waals surface area contributed by atoms with E-state index in [1.54, 1.807) is 0 Å². The van der Waals surface area contributed by atoms with E-state index in [0.29, 0.717) is 5.91 Å². The van der Waals surface area contributed by atoms with Gasteiger partial charge in [-0.05, 0) is 50.9 Å². The van der Waals surface area contributed by atoms with Crippen molar-refractivity contribution in [2.75, 3.05) is 26.2 Å². The van der Waals surface area contributed by atoms with Crippen LogP contribution in [0.2, 0.25) is 5.02 Å². The third-order valence-electron chi connectivity index (χ3n) is 4.23. The SMILES string of the molecule is CCN(CC)C(=O)[C@H]1CCCN(Cc2cccc(Cl)c2)C1. The molecular formula is C17H25ClN2O. The molecule has 4 heteroatoms. The molecule has 21 heavy (non-hydrogen) atoms. The number of amides is 1. The van der Waals surface area contributed by atoms with Gasteiger partial charge in [0.05, 0.1) is 5.92 Å². The minimum absolute atomic E-state index is 0.151. The van der Waals surface area contributed by atoms with Gasteiger partial charge in [-0.15, -0.1) is 0 Å². The molecule has 3 nitrogen and oxygen atoms in total. The highest BCUT2D eigenvalue weighted by molar-refractivity contribution is 6.30. The maximum Gasteiger partial charge on any atom is 0.226 e. The van der Waals surface area contributed by atoms with Crippen molar-refractivity contribution < 1.29 is 4.79 Å². The Bertz CT molecular complexity index is 474. The highest BCUT2D eigenvalue weighted by Crippen LogP contribution is 2.21. The number of nitrogens with zero attached hydrogens (tertiary/aromatic N) is 2. The van der Waals surface area contributed by atoms with Crippen LogP contribution in [0.1, 0.15) is 32.3 Å². The number of benzene rings is 1. The number of hydrogen-bond donors (Lipinski definition) is 0. The average Bonchev–Trinajstić information content (AvgIpc) is 2.48. The predicted octanol–water partition coefficient (Wildman–Crippen LogP) is 3.42. The first-order valence-electron chi connectivity index (χ1n) is 7.89. The molecule has 0 aliphatic carbocycles. The zero-order valence-electron chi connectivity index (χ0n) is 13.0. The largest absolute Gasteiger partial charge is 0.343 e. The third kappa shape index (κ3) is 4.45. The summed E-state index contributed by atoms with van der Waals surface area (Å²) in [5, 5.41) is 0.778. The molecule has 0 unspecified atom stereocenters. The lowest BCUT2D eigenvalue weighted by Crippen LogP contribution is -2.44. The minimum atomic E-state index is 0.151. The summed E-state index contributed by atoms with van der Waals surface area (Å²) in [6, 6.07) is 7.99. The maximum absolute atomic E-state index is 12.5. The Morgan fingerprint density at radius 2 is 2.14 bits per heavy atom. The fourth-order valence-electron chi connectivity index (χ4n) is 3.09. The molecule has 1 aliphatic rings. The van der Waals surface area contributed by atoms with Gasteiger partial charge in [-0.3, -0.25) is 9.69 Å². The van der Waals surface area contributed by atoms with Crippen molar-refractivity contribution >= 4 is 17.5 Å². The van der Waals surface area contributed by atoms with Crippen molar-refractivity contribution in [2.24, 2.45) is 5.92 Å². The lowest BCUT2D eigenvalue weighted by atomic mass is 9.96. The van der Waals surface area contributed by atoms with E-state index in [9.17, 15) is 4.79 Å². The summed E-state index contributed by atoms with van der Waals surface area (Å²) >= 11 is 6.04. The first-order valence-corrected chi connectivity index (χ1v) is 8.27. The van der Waals surface area contributed by atoms with Crippen LogP contribution >= 0.6 is 11.6 Å². The molecule has 0 saturated carbocycles. The molecule has 0 N–H and O–H groups in total. The van der Waals surface area contributed by atoms with Crippen LogP contribution in [-0.2, 0) is 11.3 Å². The molecule has 2 rings (SSSR count). The second kappa shape index (κ2) is 7.81. The summed E-state index contributed by atoms with van der Waals surface area (Å²) < 4.78 is 0. The summed E-state index contributed by atoms with van der Waals surface area (Å²) in [5.74, 6) is 0.466. The molecule has 1 fully saturated rings. The second-order valence-corrected chi connectivity index (χ2v) is 6.15. The molecule has 1 amide bonds. The van der Waals surface area contributed by atoms with Gasteiger partial charge in [0.25, 0.3) is 0 Å². The van der Waals surface area contributed by atoms with Crippen LogP contribution < -0.4 is 0 Å². The molecule has 0 radical (unpaired) electrons. The number of likely N-dealkylation sites (tertiary alicyclic amines) is 1. The van der Waals surface area contributed by atoms with E-state index in [-0.39, 0.29) is 5.92 Å². The Hall–Kier alpha value is -1.06. The summed E-state index contributed by atoms with van der Waals surface area (Å²) in [4.78, 5) is 16.8. The fourth-order valence-corrected chi connectivity index (χ4v) is 3.30. The van der Waals surface area contributed by atoms with Gasteiger partial charge in [-0.2, -0.15) is 0 Å². The van der Waals surface area contributed by atoms with Crippen molar-refractivity contribution in [3.8, 4) is 0 Å². The number of hydrogen-bond acceptors (Lipinski definition) is 2. The molecule has 1 aromatic rings.